The van der Waals surface area contributed by atoms with Gasteiger partial charge in [0.25, 0.3) is 5.91 Å². The molecule has 1 atom stereocenters. The molecule has 2 saturated heterocycles. The summed E-state index contributed by atoms with van der Waals surface area (Å²) in [5.74, 6) is 0.968. The van der Waals surface area contributed by atoms with Crippen molar-refractivity contribution in [1.29, 1.82) is 0 Å². The number of nitrogens with one attached hydrogen (secondary N) is 1. The molecule has 1 aromatic rings. The third-order valence-corrected chi connectivity index (χ3v) is 5.65. The number of nitrogens with zero attached hydrogens (tertiary/aromatic N) is 2. The Bertz CT molecular complexity index is 561. The summed E-state index contributed by atoms with van der Waals surface area (Å²) in [5.41, 5.74) is 1.91. The molecule has 0 aromatic heterocycles. The van der Waals surface area contributed by atoms with Crippen LogP contribution in [0.1, 0.15) is 48.5 Å². The molecule has 1 unspecified atom stereocenters. The Morgan fingerprint density at radius 1 is 1.15 bits per heavy atom. The number of hydrogen-bond acceptors (Lipinski definition) is 4. The normalized spacial score (nSPS) is 20.5. The number of carbonyl (C=O) groups excluding carboxylic acids is 1. The number of benzene rings is 1. The van der Waals surface area contributed by atoms with Crippen molar-refractivity contribution in [1.82, 2.24) is 15.1 Å². The minimum absolute atomic E-state index is 0.147. The van der Waals surface area contributed by atoms with Crippen LogP contribution in [-0.2, 0) is 6.54 Å². The van der Waals surface area contributed by atoms with Gasteiger partial charge in [-0.15, -0.1) is 0 Å². The van der Waals surface area contributed by atoms with Crippen molar-refractivity contribution in [2.45, 2.75) is 45.3 Å². The summed E-state index contributed by atoms with van der Waals surface area (Å²) >= 11 is 0. The highest BCUT2D eigenvalue weighted by molar-refractivity contribution is 5.94. The van der Waals surface area contributed by atoms with Crippen molar-refractivity contribution < 1.29 is 9.90 Å². The lowest BCUT2D eigenvalue weighted by molar-refractivity contribution is 0.0793. The highest BCUT2D eigenvalue weighted by Crippen LogP contribution is 2.16. The van der Waals surface area contributed by atoms with Gasteiger partial charge in [0, 0.05) is 38.3 Å². The molecule has 3 rings (SSSR count). The van der Waals surface area contributed by atoms with Gasteiger partial charge in [-0.25, -0.2) is 0 Å². The van der Waals surface area contributed by atoms with Crippen LogP contribution in [0.3, 0.4) is 0 Å². The molecular weight excluding hydrogens is 326 g/mol. The van der Waals surface area contributed by atoms with Gasteiger partial charge >= 0.3 is 0 Å². The van der Waals surface area contributed by atoms with E-state index in [0.29, 0.717) is 13.1 Å². The van der Waals surface area contributed by atoms with Crippen molar-refractivity contribution >= 4 is 5.91 Å². The lowest BCUT2D eigenvalue weighted by Crippen LogP contribution is -2.41. The number of aliphatic hydroxyl groups is 1. The van der Waals surface area contributed by atoms with Crippen LogP contribution in [0.2, 0.25) is 0 Å². The van der Waals surface area contributed by atoms with Gasteiger partial charge in [-0.3, -0.25) is 4.79 Å². The molecule has 144 valence electrons. The van der Waals surface area contributed by atoms with Crippen LogP contribution >= 0.6 is 0 Å². The quantitative estimate of drug-likeness (QED) is 0.783. The molecule has 1 amide bonds. The molecule has 2 aliphatic heterocycles. The van der Waals surface area contributed by atoms with E-state index in [9.17, 15) is 9.90 Å². The lowest BCUT2D eigenvalue weighted by Gasteiger charge is -2.31. The molecule has 2 fully saturated rings. The van der Waals surface area contributed by atoms with E-state index < -0.39 is 0 Å². The summed E-state index contributed by atoms with van der Waals surface area (Å²) in [4.78, 5) is 16.6. The summed E-state index contributed by atoms with van der Waals surface area (Å²) in [6, 6.07) is 7.86. The molecule has 0 saturated carbocycles. The largest absolute Gasteiger partial charge is 0.390 e. The molecule has 2 aliphatic rings. The molecule has 2 N–H and O–H groups in total. The Kier molecular flexibility index (Phi) is 7.06. The van der Waals surface area contributed by atoms with Crippen LogP contribution in [0.5, 0.6) is 0 Å². The van der Waals surface area contributed by atoms with Gasteiger partial charge < -0.3 is 20.2 Å². The van der Waals surface area contributed by atoms with Gasteiger partial charge in [-0.2, -0.15) is 0 Å². The SMILES string of the molecule is CC1CCN(CC(O)CNCc2ccc(C(=O)N3CCCC3)cc2)CC1. The van der Waals surface area contributed by atoms with Crippen molar-refractivity contribution in [2.24, 2.45) is 5.92 Å². The first-order valence-corrected chi connectivity index (χ1v) is 10.1. The van der Waals surface area contributed by atoms with Gasteiger partial charge in [0.15, 0.2) is 0 Å². The van der Waals surface area contributed by atoms with Gasteiger partial charge in [0.2, 0.25) is 0 Å². The first-order valence-electron chi connectivity index (χ1n) is 10.1. The number of amides is 1. The number of rotatable bonds is 7. The number of likely N-dealkylation sites (tertiary alicyclic amines) is 2. The third-order valence-electron chi connectivity index (χ3n) is 5.65. The Morgan fingerprint density at radius 2 is 1.81 bits per heavy atom. The van der Waals surface area contributed by atoms with E-state index in [4.69, 9.17) is 0 Å². The molecule has 0 bridgehead atoms. The smallest absolute Gasteiger partial charge is 0.253 e. The zero-order chi connectivity index (χ0) is 18.4. The van der Waals surface area contributed by atoms with Crippen molar-refractivity contribution in [3.8, 4) is 0 Å². The van der Waals surface area contributed by atoms with Crippen LogP contribution in [0.25, 0.3) is 0 Å². The maximum Gasteiger partial charge on any atom is 0.253 e. The predicted molar refractivity (Wildman–Crippen MR) is 104 cm³/mol. The van der Waals surface area contributed by atoms with Gasteiger partial charge in [-0.1, -0.05) is 19.1 Å². The first-order chi connectivity index (χ1) is 12.6. The number of carbonyl (C=O) groups is 1. The van der Waals surface area contributed by atoms with Crippen molar-refractivity contribution in [2.75, 3.05) is 39.3 Å². The molecule has 0 spiro atoms. The van der Waals surface area contributed by atoms with E-state index in [1.165, 1.54) is 12.8 Å². The molecule has 0 radical (unpaired) electrons. The second-order valence-corrected chi connectivity index (χ2v) is 7.96. The van der Waals surface area contributed by atoms with Crippen LogP contribution in [0, 0.1) is 5.92 Å². The van der Waals surface area contributed by atoms with Gasteiger partial charge in [0.1, 0.15) is 0 Å². The summed E-state index contributed by atoms with van der Waals surface area (Å²) < 4.78 is 0. The third kappa shape index (κ3) is 5.53. The minimum Gasteiger partial charge on any atom is -0.390 e. The Labute approximate surface area is 157 Å². The number of hydrogen-bond donors (Lipinski definition) is 2. The predicted octanol–water partition coefficient (Wildman–Crippen LogP) is 2.10. The van der Waals surface area contributed by atoms with Crippen LogP contribution in [0.15, 0.2) is 24.3 Å². The second-order valence-electron chi connectivity index (χ2n) is 7.96. The monoisotopic (exact) mass is 359 g/mol. The molecule has 1 aromatic carbocycles. The summed E-state index contributed by atoms with van der Waals surface area (Å²) in [6.45, 7) is 8.34. The molecular formula is C21H33N3O2. The maximum atomic E-state index is 12.3. The zero-order valence-corrected chi connectivity index (χ0v) is 16.0. The molecule has 26 heavy (non-hydrogen) atoms. The van der Waals surface area contributed by atoms with E-state index in [-0.39, 0.29) is 12.0 Å². The second kappa shape index (κ2) is 9.49. The fraction of sp³-hybridized carbons (Fsp3) is 0.667. The maximum absolute atomic E-state index is 12.3. The Hall–Kier alpha value is -1.43. The molecule has 5 nitrogen and oxygen atoms in total. The zero-order valence-electron chi connectivity index (χ0n) is 16.0. The average Bonchev–Trinajstić information content (AvgIpc) is 3.18. The Morgan fingerprint density at radius 3 is 2.46 bits per heavy atom. The van der Waals surface area contributed by atoms with Gasteiger partial charge in [-0.05, 0) is 62.4 Å². The summed E-state index contributed by atoms with van der Waals surface area (Å²) in [7, 11) is 0. The molecule has 2 heterocycles. The average molecular weight is 360 g/mol. The summed E-state index contributed by atoms with van der Waals surface area (Å²) in [5, 5.41) is 13.6. The number of aliphatic hydroxyl groups excluding tert-OH is 1. The van der Waals surface area contributed by atoms with Crippen LogP contribution in [-0.4, -0.2) is 66.2 Å². The molecule has 5 heteroatoms. The minimum atomic E-state index is -0.334. The van der Waals surface area contributed by atoms with Crippen LogP contribution in [0.4, 0.5) is 0 Å². The van der Waals surface area contributed by atoms with Crippen molar-refractivity contribution in [3.05, 3.63) is 35.4 Å². The number of piperidine rings is 1. The van der Waals surface area contributed by atoms with Gasteiger partial charge in [0.05, 0.1) is 6.10 Å². The first kappa shape index (κ1) is 19.3. The van der Waals surface area contributed by atoms with E-state index in [2.05, 4.69) is 17.1 Å². The molecule has 0 aliphatic carbocycles. The summed E-state index contributed by atoms with van der Waals surface area (Å²) in [6.07, 6.45) is 4.38. The van der Waals surface area contributed by atoms with Crippen molar-refractivity contribution in [3.63, 3.8) is 0 Å². The topological polar surface area (TPSA) is 55.8 Å². The van der Waals surface area contributed by atoms with E-state index >= 15 is 0 Å². The van der Waals surface area contributed by atoms with E-state index in [1.807, 2.05) is 29.2 Å². The Balaban J connectivity index is 1.37. The van der Waals surface area contributed by atoms with Crippen LogP contribution < -0.4 is 5.32 Å². The fourth-order valence-corrected chi connectivity index (χ4v) is 3.86. The van der Waals surface area contributed by atoms with E-state index in [0.717, 1.165) is 62.6 Å². The highest BCUT2D eigenvalue weighted by Gasteiger charge is 2.19. The highest BCUT2D eigenvalue weighted by atomic mass is 16.3. The fourth-order valence-electron chi connectivity index (χ4n) is 3.86. The lowest BCUT2D eigenvalue weighted by atomic mass is 9.99. The number of β-amino-alcohol motifs (C(OH)–C–C–N with tert-alkyl or cyclic N) is 1. The van der Waals surface area contributed by atoms with E-state index in [1.54, 1.807) is 0 Å². The standard InChI is InChI=1S/C21H33N3O2/c1-17-8-12-23(13-9-17)16-20(25)15-22-14-18-4-6-19(7-5-18)21(26)24-10-2-3-11-24/h4-7,17,20,22,25H,2-3,8-16H2,1H3.